The molecule has 0 aliphatic heterocycles. The van der Waals surface area contributed by atoms with Crippen molar-refractivity contribution >= 4 is 17.8 Å². The van der Waals surface area contributed by atoms with Crippen LogP contribution in [0.4, 0.5) is 9.59 Å². The summed E-state index contributed by atoms with van der Waals surface area (Å²) in [6.07, 6.45) is 6.70. The molecule has 1 fully saturated rings. The fourth-order valence-corrected chi connectivity index (χ4v) is 5.49. The molecule has 0 bridgehead atoms. The van der Waals surface area contributed by atoms with Gasteiger partial charge in [0.2, 0.25) is 0 Å². The van der Waals surface area contributed by atoms with Crippen molar-refractivity contribution in [3.8, 4) is 33.6 Å². The van der Waals surface area contributed by atoms with Crippen LogP contribution in [-0.2, 0) is 15.0 Å². The van der Waals surface area contributed by atoms with Crippen molar-refractivity contribution in [1.29, 1.82) is 0 Å². The van der Waals surface area contributed by atoms with Gasteiger partial charge in [0.15, 0.2) is 5.65 Å². The smallest absolute Gasteiger partial charge is 0.435 e. The monoisotopic (exact) mass is 606 g/mol. The second-order valence-electron chi connectivity index (χ2n) is 13.5. The third-order valence-electron chi connectivity index (χ3n) is 7.69. The number of nitrogens with one attached hydrogen (secondary N) is 1. The van der Waals surface area contributed by atoms with Gasteiger partial charge in [0, 0.05) is 22.9 Å². The molecule has 0 unspecified atom stereocenters. The Balaban J connectivity index is 1.38. The van der Waals surface area contributed by atoms with Crippen LogP contribution in [0.15, 0.2) is 79.3 Å². The van der Waals surface area contributed by atoms with Crippen LogP contribution in [0.3, 0.4) is 0 Å². The first-order valence-electron chi connectivity index (χ1n) is 15.1. The molecule has 0 spiro atoms. The molecule has 1 N–H and O–H groups in total. The van der Waals surface area contributed by atoms with E-state index in [2.05, 4.69) is 27.5 Å². The number of hydrogen-bond acceptors (Lipinski definition) is 7. The van der Waals surface area contributed by atoms with E-state index in [0.29, 0.717) is 16.9 Å². The van der Waals surface area contributed by atoms with Crippen LogP contribution in [0, 0.1) is 0 Å². The number of carbonyl (C=O) groups excluding carboxylic acids is 2. The Bertz CT molecular complexity index is 1860. The fraction of sp³-hybridized carbons (Fsp3) is 0.343. The number of alkyl carbamates (subject to hydrolysis) is 1. The van der Waals surface area contributed by atoms with Crippen LogP contribution in [0.1, 0.15) is 66.4 Å². The van der Waals surface area contributed by atoms with Crippen molar-refractivity contribution in [3.05, 3.63) is 84.8 Å². The van der Waals surface area contributed by atoms with Crippen molar-refractivity contribution in [2.24, 2.45) is 0 Å². The molecule has 10 nitrogen and oxygen atoms in total. The first-order chi connectivity index (χ1) is 21.3. The van der Waals surface area contributed by atoms with Gasteiger partial charge >= 0.3 is 12.2 Å². The van der Waals surface area contributed by atoms with Crippen molar-refractivity contribution in [2.75, 3.05) is 0 Å². The maximum Gasteiger partial charge on any atom is 0.435 e. The number of nitrogens with zero attached hydrogens (tertiary/aromatic N) is 5. The number of imidazole rings is 1. The number of rotatable bonds is 5. The van der Waals surface area contributed by atoms with E-state index in [1.807, 2.05) is 90.1 Å². The highest BCUT2D eigenvalue weighted by atomic mass is 16.6. The summed E-state index contributed by atoms with van der Waals surface area (Å²) >= 11 is 0. The Morgan fingerprint density at radius 2 is 1.53 bits per heavy atom. The summed E-state index contributed by atoms with van der Waals surface area (Å²) in [4.78, 5) is 29.9. The van der Waals surface area contributed by atoms with Crippen molar-refractivity contribution < 1.29 is 19.1 Å². The number of aromatic nitrogens is 5. The molecule has 1 saturated carbocycles. The molecule has 0 saturated heterocycles. The summed E-state index contributed by atoms with van der Waals surface area (Å²) < 4.78 is 14.0. The van der Waals surface area contributed by atoms with Crippen molar-refractivity contribution in [1.82, 2.24) is 29.7 Å². The summed E-state index contributed by atoms with van der Waals surface area (Å²) in [6.45, 7) is 11.0. The maximum atomic E-state index is 12.7. The van der Waals surface area contributed by atoms with Gasteiger partial charge < -0.3 is 14.8 Å². The molecule has 45 heavy (non-hydrogen) atoms. The molecule has 5 aromatic rings. The zero-order chi connectivity index (χ0) is 32.0. The van der Waals surface area contributed by atoms with Crippen LogP contribution in [-0.4, -0.2) is 47.8 Å². The molecule has 0 atom stereocenters. The minimum absolute atomic E-state index is 0.410. The van der Waals surface area contributed by atoms with Gasteiger partial charge in [-0.2, -0.15) is 14.9 Å². The molecule has 10 heteroatoms. The van der Waals surface area contributed by atoms with E-state index in [9.17, 15) is 9.59 Å². The van der Waals surface area contributed by atoms with Crippen molar-refractivity contribution in [3.63, 3.8) is 0 Å². The van der Waals surface area contributed by atoms with E-state index in [-0.39, 0.29) is 0 Å². The predicted octanol–water partition coefficient (Wildman–Crippen LogP) is 7.61. The highest BCUT2D eigenvalue weighted by molar-refractivity contribution is 5.83. The average molecular weight is 607 g/mol. The minimum atomic E-state index is -0.642. The normalized spacial score (nSPS) is 14.5. The van der Waals surface area contributed by atoms with Gasteiger partial charge in [-0.3, -0.25) is 0 Å². The Hall–Kier alpha value is -4.99. The predicted molar refractivity (Wildman–Crippen MR) is 172 cm³/mol. The molecule has 232 valence electrons. The lowest BCUT2D eigenvalue weighted by atomic mass is 9.71. The second kappa shape index (κ2) is 11.2. The van der Waals surface area contributed by atoms with Crippen LogP contribution in [0.25, 0.3) is 39.3 Å². The van der Waals surface area contributed by atoms with E-state index < -0.39 is 28.9 Å². The van der Waals surface area contributed by atoms with Gasteiger partial charge in [-0.15, -0.1) is 0 Å². The molecular weight excluding hydrogens is 568 g/mol. The number of ether oxygens (including phenoxy) is 2. The number of fused-ring (bicyclic) bond motifs is 1. The summed E-state index contributed by atoms with van der Waals surface area (Å²) in [6, 6.07) is 20.3. The summed E-state index contributed by atoms with van der Waals surface area (Å²) in [5.74, 6) is 0. The fourth-order valence-electron chi connectivity index (χ4n) is 5.49. The van der Waals surface area contributed by atoms with E-state index in [1.54, 1.807) is 23.1 Å². The van der Waals surface area contributed by atoms with E-state index >= 15 is 0 Å². The molecule has 1 aliphatic rings. The lowest BCUT2D eigenvalue weighted by molar-refractivity contribution is 0.0376. The molecule has 1 amide bonds. The Morgan fingerprint density at radius 3 is 2.16 bits per heavy atom. The lowest BCUT2D eigenvalue weighted by Gasteiger charge is -2.43. The number of hydrogen-bond donors (Lipinski definition) is 1. The largest absolute Gasteiger partial charge is 0.444 e. The van der Waals surface area contributed by atoms with Gasteiger partial charge in [0.1, 0.15) is 11.2 Å². The summed E-state index contributed by atoms with van der Waals surface area (Å²) in [5.41, 5.74) is 5.01. The molecule has 2 aromatic carbocycles. The van der Waals surface area contributed by atoms with Crippen LogP contribution in [0.2, 0.25) is 0 Å². The van der Waals surface area contributed by atoms with E-state index in [0.717, 1.165) is 47.2 Å². The van der Waals surface area contributed by atoms with Gasteiger partial charge in [0.05, 0.1) is 29.3 Å². The number of benzene rings is 2. The Morgan fingerprint density at radius 1 is 0.844 bits per heavy atom. The second-order valence-corrected chi connectivity index (χ2v) is 13.5. The first kappa shape index (κ1) is 30.1. The van der Waals surface area contributed by atoms with Crippen LogP contribution < -0.4 is 5.32 Å². The van der Waals surface area contributed by atoms with Gasteiger partial charge in [0.25, 0.3) is 0 Å². The van der Waals surface area contributed by atoms with Crippen molar-refractivity contribution in [2.45, 2.75) is 77.5 Å². The third-order valence-corrected chi connectivity index (χ3v) is 7.69. The summed E-state index contributed by atoms with van der Waals surface area (Å²) in [7, 11) is 0. The number of amides is 1. The molecular formula is C35H38N6O4. The van der Waals surface area contributed by atoms with Gasteiger partial charge in [-0.1, -0.05) is 54.6 Å². The zero-order valence-electron chi connectivity index (χ0n) is 26.5. The van der Waals surface area contributed by atoms with E-state index in [4.69, 9.17) is 14.6 Å². The van der Waals surface area contributed by atoms with Crippen LogP contribution >= 0.6 is 0 Å². The maximum absolute atomic E-state index is 12.7. The minimum Gasteiger partial charge on any atom is -0.444 e. The lowest BCUT2D eigenvalue weighted by Crippen LogP contribution is -2.52. The van der Waals surface area contributed by atoms with Crippen LogP contribution in [0.5, 0.6) is 0 Å². The first-order valence-corrected chi connectivity index (χ1v) is 15.1. The number of carbonyl (C=O) groups is 2. The average Bonchev–Trinajstić information content (AvgIpc) is 3.60. The third kappa shape index (κ3) is 6.31. The molecule has 3 aromatic heterocycles. The quantitative estimate of drug-likeness (QED) is 0.219. The Kier molecular flexibility index (Phi) is 7.46. The van der Waals surface area contributed by atoms with Gasteiger partial charge in [-0.25, -0.2) is 19.1 Å². The zero-order valence-corrected chi connectivity index (χ0v) is 26.5. The highest BCUT2D eigenvalue weighted by Crippen LogP contribution is 2.42. The topological polar surface area (TPSA) is 113 Å². The molecule has 0 radical (unpaired) electrons. The standard InChI is InChI=1S/C35H38N6O4/c1-33(2,3)44-31(42)38-35(17-10-18-35)26-15-13-24(14-16-26)30-27(23-11-8-7-9-12-23)19-29-36-21-28(41(29)39-30)25-20-37-40(22-25)32(43)45-34(4,5)6/h7-9,11-16,19-22H,10,17-18H2,1-6H3,(H,38,42). The van der Waals surface area contributed by atoms with Gasteiger partial charge in [-0.05, 0) is 78.0 Å². The molecule has 3 heterocycles. The molecule has 6 rings (SSSR count). The highest BCUT2D eigenvalue weighted by Gasteiger charge is 2.41. The molecule has 1 aliphatic carbocycles. The Labute approximate surface area is 262 Å². The van der Waals surface area contributed by atoms with E-state index in [1.165, 1.54) is 4.68 Å². The SMILES string of the molecule is CC(C)(C)OC(=O)NC1(c2ccc(-c3nn4c(-c5cnn(C(=O)OC(C)(C)C)c5)cnc4cc3-c3ccccc3)cc2)CCC1. The summed E-state index contributed by atoms with van der Waals surface area (Å²) in [5, 5.41) is 12.5.